The molecular weight excluding hydrogens is 315 g/mol. The predicted octanol–water partition coefficient (Wildman–Crippen LogP) is 3.54. The molecule has 0 spiro atoms. The van der Waals surface area contributed by atoms with Crippen LogP contribution in [0.3, 0.4) is 0 Å². The lowest BCUT2D eigenvalue weighted by Crippen LogP contribution is -2.40. The summed E-state index contributed by atoms with van der Waals surface area (Å²) in [4.78, 5) is 4.13. The minimum Gasteiger partial charge on any atom is -0.259 e. The number of pyridine rings is 1. The number of hydrogen-bond donors (Lipinski definition) is 1. The maximum absolute atomic E-state index is 12.1. The van der Waals surface area contributed by atoms with Gasteiger partial charge in [0.25, 0.3) is 0 Å². The zero-order valence-electron chi connectivity index (χ0n) is 10.3. The molecule has 0 amide bonds. The first kappa shape index (κ1) is 16.2. The zero-order valence-corrected chi connectivity index (χ0v) is 13.4. The number of halogens is 3. The van der Waals surface area contributed by atoms with Crippen molar-refractivity contribution in [1.82, 2.24) is 9.71 Å². The van der Waals surface area contributed by atoms with Gasteiger partial charge in [-0.15, -0.1) is 0 Å². The molecule has 1 aromatic rings. The molecule has 0 radical (unpaired) electrons. The highest BCUT2D eigenvalue weighted by atomic mass is 35.6. The number of nitrogens with zero attached hydrogens (tertiary/aromatic N) is 1. The molecule has 0 aliphatic carbocycles. The van der Waals surface area contributed by atoms with E-state index in [9.17, 15) is 4.21 Å². The van der Waals surface area contributed by atoms with Crippen molar-refractivity contribution >= 4 is 45.8 Å². The molecular formula is C11H15Cl3N2OS. The van der Waals surface area contributed by atoms with Gasteiger partial charge in [0, 0.05) is 6.20 Å². The molecule has 1 aromatic heterocycles. The van der Waals surface area contributed by atoms with E-state index < -0.39 is 25.6 Å². The summed E-state index contributed by atoms with van der Waals surface area (Å²) in [6.45, 7) is 5.51. The minimum atomic E-state index is -1.63. The summed E-state index contributed by atoms with van der Waals surface area (Å²) in [6, 6.07) is 4.54. The topological polar surface area (TPSA) is 42.0 Å². The van der Waals surface area contributed by atoms with Gasteiger partial charge < -0.3 is 0 Å². The Balaban J connectivity index is 2.99. The summed E-state index contributed by atoms with van der Waals surface area (Å²) in [5.74, 6) is 0. The summed E-state index contributed by atoms with van der Waals surface area (Å²) >= 11 is 17.8. The molecule has 0 aromatic carbocycles. The normalized spacial score (nSPS) is 16.3. The van der Waals surface area contributed by atoms with Gasteiger partial charge in [-0.05, 0) is 32.9 Å². The van der Waals surface area contributed by atoms with Crippen LogP contribution in [0, 0.1) is 0 Å². The lowest BCUT2D eigenvalue weighted by molar-refractivity contribution is 0.596. The maximum Gasteiger partial charge on any atom is 0.212 e. The van der Waals surface area contributed by atoms with Crippen molar-refractivity contribution in [2.45, 2.75) is 35.4 Å². The number of aromatic nitrogens is 1. The van der Waals surface area contributed by atoms with E-state index >= 15 is 0 Å². The van der Waals surface area contributed by atoms with E-state index in [1.165, 1.54) is 0 Å². The van der Waals surface area contributed by atoms with Crippen LogP contribution in [-0.2, 0) is 11.0 Å². The molecule has 0 aliphatic heterocycles. The molecule has 0 unspecified atom stereocenters. The lowest BCUT2D eigenvalue weighted by Gasteiger charge is -2.28. The van der Waals surface area contributed by atoms with E-state index in [0.717, 1.165) is 0 Å². The van der Waals surface area contributed by atoms with Crippen LogP contribution < -0.4 is 4.72 Å². The second-order valence-corrected chi connectivity index (χ2v) is 9.10. The third kappa shape index (κ3) is 4.67. The Labute approximate surface area is 125 Å². The maximum atomic E-state index is 12.1. The fourth-order valence-corrected chi connectivity index (χ4v) is 2.68. The molecule has 2 atom stereocenters. The van der Waals surface area contributed by atoms with Gasteiger partial charge in [0.2, 0.25) is 3.79 Å². The summed E-state index contributed by atoms with van der Waals surface area (Å²) in [5.41, 5.74) is 0.537. The standard InChI is InChI=1S/C11H15Cl3N2OS/c1-10(2,3)18(17)16-9(11(12,13)14)8-6-4-5-7-15-8/h4-7,9,16H,1-3H3/t9-,18+/m0/s1. The van der Waals surface area contributed by atoms with Crippen LogP contribution in [-0.4, -0.2) is 17.7 Å². The molecule has 1 N–H and O–H groups in total. The largest absolute Gasteiger partial charge is 0.259 e. The van der Waals surface area contributed by atoms with Crippen LogP contribution in [0.4, 0.5) is 0 Å². The van der Waals surface area contributed by atoms with Crippen LogP contribution in [0.1, 0.15) is 32.5 Å². The SMILES string of the molecule is CC(C)(C)[S@@](=O)N[C@@H](c1ccccn1)C(Cl)(Cl)Cl. The van der Waals surface area contributed by atoms with Crippen molar-refractivity contribution < 1.29 is 4.21 Å². The van der Waals surface area contributed by atoms with Crippen molar-refractivity contribution in [3.05, 3.63) is 30.1 Å². The Hall–Kier alpha value is 0.130. The van der Waals surface area contributed by atoms with Crippen LogP contribution in [0.15, 0.2) is 24.4 Å². The second kappa shape index (κ2) is 6.06. The van der Waals surface area contributed by atoms with E-state index in [2.05, 4.69) is 9.71 Å². The first-order chi connectivity index (χ1) is 8.12. The zero-order chi connectivity index (χ0) is 14.0. The van der Waals surface area contributed by atoms with Crippen molar-refractivity contribution in [3.63, 3.8) is 0 Å². The first-order valence-corrected chi connectivity index (χ1v) is 7.56. The van der Waals surface area contributed by atoms with Crippen molar-refractivity contribution in [2.24, 2.45) is 0 Å². The van der Waals surface area contributed by atoms with Gasteiger partial charge in [-0.3, -0.25) is 4.98 Å². The Bertz CT molecular complexity index is 415. The van der Waals surface area contributed by atoms with Gasteiger partial charge in [0.1, 0.15) is 6.04 Å². The molecule has 0 saturated heterocycles. The van der Waals surface area contributed by atoms with Crippen LogP contribution in [0.5, 0.6) is 0 Å². The van der Waals surface area contributed by atoms with Crippen LogP contribution >= 0.6 is 34.8 Å². The summed E-state index contributed by atoms with van der Waals surface area (Å²) in [7, 11) is -1.36. The molecule has 18 heavy (non-hydrogen) atoms. The van der Waals surface area contributed by atoms with Crippen LogP contribution in [0.25, 0.3) is 0 Å². The third-order valence-corrected chi connectivity index (χ3v) is 4.31. The second-order valence-electron chi connectivity index (χ2n) is 4.73. The average Bonchev–Trinajstić information content (AvgIpc) is 2.23. The number of rotatable bonds is 3. The van der Waals surface area contributed by atoms with E-state index in [1.807, 2.05) is 20.8 Å². The molecule has 1 heterocycles. The summed E-state index contributed by atoms with van der Waals surface area (Å²) in [5, 5.41) is 0. The highest BCUT2D eigenvalue weighted by molar-refractivity contribution is 7.84. The fraction of sp³-hybridized carbons (Fsp3) is 0.545. The van der Waals surface area contributed by atoms with Gasteiger partial charge in [-0.2, -0.15) is 0 Å². The quantitative estimate of drug-likeness (QED) is 0.862. The smallest absolute Gasteiger partial charge is 0.212 e. The van der Waals surface area contributed by atoms with Crippen LogP contribution in [0.2, 0.25) is 0 Å². The summed E-state index contributed by atoms with van der Waals surface area (Å²) < 4.78 is 12.8. The van der Waals surface area contributed by atoms with Crippen molar-refractivity contribution in [2.75, 3.05) is 0 Å². The molecule has 0 saturated carbocycles. The third-order valence-electron chi connectivity index (χ3n) is 2.09. The highest BCUT2D eigenvalue weighted by Crippen LogP contribution is 2.39. The monoisotopic (exact) mass is 328 g/mol. The van der Waals surface area contributed by atoms with E-state index in [1.54, 1.807) is 24.4 Å². The first-order valence-electron chi connectivity index (χ1n) is 5.28. The van der Waals surface area contributed by atoms with Gasteiger partial charge in [0.15, 0.2) is 0 Å². The van der Waals surface area contributed by atoms with E-state index in [-0.39, 0.29) is 0 Å². The van der Waals surface area contributed by atoms with E-state index in [0.29, 0.717) is 5.69 Å². The Morgan fingerprint density at radius 2 is 1.89 bits per heavy atom. The Morgan fingerprint density at radius 1 is 1.28 bits per heavy atom. The number of hydrogen-bond acceptors (Lipinski definition) is 2. The fourth-order valence-electron chi connectivity index (χ4n) is 1.13. The van der Waals surface area contributed by atoms with Crippen molar-refractivity contribution in [3.8, 4) is 0 Å². The molecule has 0 bridgehead atoms. The van der Waals surface area contributed by atoms with Gasteiger partial charge in [-0.1, -0.05) is 40.9 Å². The number of alkyl halides is 3. The van der Waals surface area contributed by atoms with Crippen molar-refractivity contribution in [1.29, 1.82) is 0 Å². The van der Waals surface area contributed by atoms with Gasteiger partial charge in [-0.25, -0.2) is 8.93 Å². The highest BCUT2D eigenvalue weighted by Gasteiger charge is 2.37. The Morgan fingerprint density at radius 3 is 2.28 bits per heavy atom. The lowest BCUT2D eigenvalue weighted by atomic mass is 10.2. The molecule has 3 nitrogen and oxygen atoms in total. The molecule has 102 valence electrons. The Kier molecular flexibility index (Phi) is 5.44. The molecule has 7 heteroatoms. The number of nitrogens with one attached hydrogen (secondary N) is 1. The molecule has 1 rings (SSSR count). The predicted molar refractivity (Wildman–Crippen MR) is 78.3 cm³/mol. The average molecular weight is 330 g/mol. The molecule has 0 aliphatic rings. The van der Waals surface area contributed by atoms with Gasteiger partial charge in [0.05, 0.1) is 21.4 Å². The minimum absolute atomic E-state index is 0.455. The summed E-state index contributed by atoms with van der Waals surface area (Å²) in [6.07, 6.45) is 1.60. The molecule has 0 fully saturated rings. The van der Waals surface area contributed by atoms with E-state index in [4.69, 9.17) is 34.8 Å². The van der Waals surface area contributed by atoms with Gasteiger partial charge >= 0.3 is 0 Å².